The van der Waals surface area contributed by atoms with Gasteiger partial charge in [-0.2, -0.15) is 0 Å². The topological polar surface area (TPSA) is 130 Å². The van der Waals surface area contributed by atoms with Crippen molar-refractivity contribution >= 4 is 17.8 Å². The van der Waals surface area contributed by atoms with E-state index in [4.69, 9.17) is 15.9 Å². The van der Waals surface area contributed by atoms with Crippen LogP contribution in [0.3, 0.4) is 0 Å². The minimum atomic E-state index is -1.12. The molecule has 0 aromatic rings. The van der Waals surface area contributed by atoms with E-state index in [1.807, 2.05) is 0 Å². The lowest BCUT2D eigenvalue weighted by molar-refractivity contribution is -0.138. The molecule has 0 aliphatic rings. The number of hydrogen-bond donors (Lipinski definition) is 4. The quantitative estimate of drug-likeness (QED) is 0.423. The van der Waals surface area contributed by atoms with Gasteiger partial charge >= 0.3 is 11.9 Å². The number of carbonyl (C=O) groups is 3. The number of carboxylic acid groups (broad SMARTS) is 2. The molecule has 15 heavy (non-hydrogen) atoms. The van der Waals surface area contributed by atoms with Crippen LogP contribution in [0.4, 0.5) is 0 Å². The van der Waals surface area contributed by atoms with E-state index in [0.29, 0.717) is 6.42 Å². The summed E-state index contributed by atoms with van der Waals surface area (Å²) in [4.78, 5) is 31.3. The van der Waals surface area contributed by atoms with Crippen LogP contribution in [0.1, 0.15) is 19.3 Å². The molecule has 0 saturated heterocycles. The molecule has 0 bridgehead atoms. The van der Waals surface area contributed by atoms with Gasteiger partial charge in [-0.3, -0.25) is 14.4 Å². The van der Waals surface area contributed by atoms with Gasteiger partial charge in [-0.15, -0.1) is 0 Å². The van der Waals surface area contributed by atoms with Crippen molar-refractivity contribution in [2.45, 2.75) is 25.3 Å². The summed E-state index contributed by atoms with van der Waals surface area (Å²) in [6, 6.07) is -0.975. The average molecular weight is 218 g/mol. The average Bonchev–Trinajstić information content (AvgIpc) is 2.14. The maximum absolute atomic E-state index is 10.9. The Morgan fingerprint density at radius 1 is 1.27 bits per heavy atom. The smallest absolute Gasteiger partial charge is 0.322 e. The number of carbonyl (C=O) groups excluding carboxylic acids is 1. The number of nitrogens with two attached hydrogens (primary N) is 1. The second-order valence-electron chi connectivity index (χ2n) is 3.01. The van der Waals surface area contributed by atoms with Crippen molar-refractivity contribution < 1.29 is 24.6 Å². The predicted molar refractivity (Wildman–Crippen MR) is 50.1 cm³/mol. The van der Waals surface area contributed by atoms with E-state index in [0.717, 1.165) is 0 Å². The number of rotatable bonds is 7. The second-order valence-corrected chi connectivity index (χ2v) is 3.01. The Balaban J connectivity index is 3.55. The molecule has 7 heteroatoms. The molecule has 5 N–H and O–H groups in total. The predicted octanol–water partition coefficient (Wildman–Crippen LogP) is -1.23. The van der Waals surface area contributed by atoms with Gasteiger partial charge in [-0.05, 0) is 12.8 Å². The molecule has 7 nitrogen and oxygen atoms in total. The van der Waals surface area contributed by atoms with Crippen LogP contribution in [0.15, 0.2) is 0 Å². The molecule has 0 aliphatic heterocycles. The molecule has 0 heterocycles. The van der Waals surface area contributed by atoms with Crippen molar-refractivity contribution in [3.05, 3.63) is 0 Å². The molecule has 0 aliphatic carbocycles. The first-order chi connectivity index (χ1) is 6.93. The molecular formula is C8H14N2O5. The van der Waals surface area contributed by atoms with E-state index in [2.05, 4.69) is 5.32 Å². The second kappa shape index (κ2) is 6.77. The van der Waals surface area contributed by atoms with E-state index in [1.165, 1.54) is 0 Å². The summed E-state index contributed by atoms with van der Waals surface area (Å²) in [5, 5.41) is 18.8. The standard InChI is InChI=1S/C8H14N2O5/c9-5(8(14)15)2-1-3-6(11)10-4-7(12)13/h5H,1-4,9H2,(H,10,11)(H,12,13)(H,14,15)/t5-/m1/s1. The summed E-state index contributed by atoms with van der Waals surface area (Å²) < 4.78 is 0. The number of hydrogen-bond acceptors (Lipinski definition) is 4. The molecule has 1 amide bonds. The Kier molecular flexibility index (Phi) is 6.03. The van der Waals surface area contributed by atoms with Crippen LogP contribution in [0.2, 0.25) is 0 Å². The fraction of sp³-hybridized carbons (Fsp3) is 0.625. The number of carboxylic acids is 2. The molecule has 0 radical (unpaired) electrons. The van der Waals surface area contributed by atoms with Crippen LogP contribution in [-0.2, 0) is 14.4 Å². The lowest BCUT2D eigenvalue weighted by atomic mass is 10.1. The maximum Gasteiger partial charge on any atom is 0.322 e. The van der Waals surface area contributed by atoms with Crippen LogP contribution >= 0.6 is 0 Å². The number of amides is 1. The monoisotopic (exact) mass is 218 g/mol. The fourth-order valence-corrected chi connectivity index (χ4v) is 0.869. The van der Waals surface area contributed by atoms with Crippen LogP contribution in [0, 0.1) is 0 Å². The highest BCUT2D eigenvalue weighted by Gasteiger charge is 2.11. The molecule has 86 valence electrons. The van der Waals surface area contributed by atoms with Crippen molar-refractivity contribution in [2.24, 2.45) is 5.73 Å². The van der Waals surface area contributed by atoms with Crippen molar-refractivity contribution in [3.63, 3.8) is 0 Å². The zero-order valence-corrected chi connectivity index (χ0v) is 8.10. The van der Waals surface area contributed by atoms with Crippen molar-refractivity contribution in [1.29, 1.82) is 0 Å². The first kappa shape index (κ1) is 13.4. The van der Waals surface area contributed by atoms with Crippen molar-refractivity contribution in [1.82, 2.24) is 5.32 Å². The lowest BCUT2D eigenvalue weighted by Gasteiger charge is -2.05. The van der Waals surface area contributed by atoms with Gasteiger partial charge < -0.3 is 21.3 Å². The summed E-state index contributed by atoms with van der Waals surface area (Å²) in [5.74, 6) is -2.65. The summed E-state index contributed by atoms with van der Waals surface area (Å²) in [5.41, 5.74) is 5.20. The summed E-state index contributed by atoms with van der Waals surface area (Å²) in [6.07, 6.45) is 0.586. The first-order valence-corrected chi connectivity index (χ1v) is 4.40. The first-order valence-electron chi connectivity index (χ1n) is 4.40. The number of aliphatic carboxylic acids is 2. The van der Waals surface area contributed by atoms with Crippen LogP contribution < -0.4 is 11.1 Å². The highest BCUT2D eigenvalue weighted by molar-refractivity contribution is 5.81. The molecule has 0 rings (SSSR count). The third kappa shape index (κ3) is 7.44. The van der Waals surface area contributed by atoms with E-state index in [9.17, 15) is 14.4 Å². The Morgan fingerprint density at radius 3 is 2.33 bits per heavy atom. The van der Waals surface area contributed by atoms with Gasteiger partial charge in [-0.1, -0.05) is 0 Å². The van der Waals surface area contributed by atoms with Crippen molar-refractivity contribution in [3.8, 4) is 0 Å². The van der Waals surface area contributed by atoms with Gasteiger partial charge in [-0.25, -0.2) is 0 Å². The molecule has 0 fully saturated rings. The molecule has 0 saturated carbocycles. The Hall–Kier alpha value is -1.63. The Labute approximate surface area is 86.3 Å². The molecule has 1 atom stereocenters. The number of nitrogens with one attached hydrogen (secondary N) is 1. The van der Waals surface area contributed by atoms with E-state index < -0.39 is 30.4 Å². The van der Waals surface area contributed by atoms with E-state index >= 15 is 0 Å². The maximum atomic E-state index is 10.9. The molecular weight excluding hydrogens is 204 g/mol. The Bertz CT molecular complexity index is 253. The van der Waals surface area contributed by atoms with Gasteiger partial charge in [0.15, 0.2) is 0 Å². The zero-order chi connectivity index (χ0) is 11.8. The molecule has 0 aromatic carbocycles. The summed E-state index contributed by atoms with van der Waals surface area (Å²) >= 11 is 0. The van der Waals surface area contributed by atoms with Crippen LogP contribution in [-0.4, -0.2) is 40.6 Å². The highest BCUT2D eigenvalue weighted by Crippen LogP contribution is 1.98. The molecule has 0 spiro atoms. The molecule has 0 aromatic heterocycles. The zero-order valence-electron chi connectivity index (χ0n) is 8.10. The lowest BCUT2D eigenvalue weighted by Crippen LogP contribution is -2.31. The van der Waals surface area contributed by atoms with E-state index in [-0.39, 0.29) is 12.8 Å². The van der Waals surface area contributed by atoms with E-state index in [1.54, 1.807) is 0 Å². The van der Waals surface area contributed by atoms with Gasteiger partial charge in [0.2, 0.25) is 5.91 Å². The van der Waals surface area contributed by atoms with Crippen LogP contribution in [0.25, 0.3) is 0 Å². The Morgan fingerprint density at radius 2 is 1.87 bits per heavy atom. The highest BCUT2D eigenvalue weighted by atomic mass is 16.4. The minimum Gasteiger partial charge on any atom is -0.480 e. The normalized spacial score (nSPS) is 11.8. The van der Waals surface area contributed by atoms with Gasteiger partial charge in [0.1, 0.15) is 12.6 Å². The summed E-state index contributed by atoms with van der Waals surface area (Å²) in [6.45, 7) is -0.427. The minimum absolute atomic E-state index is 0.0776. The van der Waals surface area contributed by atoms with Gasteiger partial charge in [0.25, 0.3) is 0 Å². The van der Waals surface area contributed by atoms with Crippen LogP contribution in [0.5, 0.6) is 0 Å². The van der Waals surface area contributed by atoms with Gasteiger partial charge in [0, 0.05) is 6.42 Å². The third-order valence-electron chi connectivity index (χ3n) is 1.67. The SMILES string of the molecule is N[C@H](CCCC(=O)NCC(=O)O)C(=O)O. The third-order valence-corrected chi connectivity index (χ3v) is 1.67. The summed E-state index contributed by atoms with van der Waals surface area (Å²) in [7, 11) is 0. The largest absolute Gasteiger partial charge is 0.480 e. The fourth-order valence-electron chi connectivity index (χ4n) is 0.869. The van der Waals surface area contributed by atoms with Gasteiger partial charge in [0.05, 0.1) is 0 Å². The molecule has 0 unspecified atom stereocenters. The van der Waals surface area contributed by atoms with Crippen molar-refractivity contribution in [2.75, 3.05) is 6.54 Å².